The fraction of sp³-hybridized carbons (Fsp3) is 0.360. The molecule has 0 atom stereocenters. The number of ether oxygens (including phenoxy) is 1. The molecule has 0 unspecified atom stereocenters. The van der Waals surface area contributed by atoms with Crippen LogP contribution in [0, 0.1) is 5.82 Å². The number of pyridine rings is 1. The maximum Gasteiger partial charge on any atom is 0.341 e. The molecule has 0 aliphatic carbocycles. The van der Waals surface area contributed by atoms with Crippen molar-refractivity contribution in [3.05, 3.63) is 75.3 Å². The van der Waals surface area contributed by atoms with Gasteiger partial charge < -0.3 is 19.3 Å². The second kappa shape index (κ2) is 11.0. The zero-order chi connectivity index (χ0) is 23.5. The highest BCUT2D eigenvalue weighted by Crippen LogP contribution is 2.26. The van der Waals surface area contributed by atoms with E-state index < -0.39 is 17.2 Å². The van der Waals surface area contributed by atoms with Gasteiger partial charge in [-0.25, -0.2) is 9.18 Å². The largest absolute Gasteiger partial charge is 0.477 e. The molecule has 1 N–H and O–H groups in total. The Morgan fingerprint density at radius 3 is 2.32 bits per heavy atom. The van der Waals surface area contributed by atoms with Crippen molar-refractivity contribution in [2.45, 2.75) is 26.6 Å². The normalized spacial score (nSPS) is 14.3. The summed E-state index contributed by atoms with van der Waals surface area (Å²) >= 11 is 0. The molecule has 0 saturated carbocycles. The molecular formula is C25H29ClFN3O4. The molecule has 1 fully saturated rings. The van der Waals surface area contributed by atoms with Crippen LogP contribution in [-0.4, -0.2) is 53.8 Å². The highest BCUT2D eigenvalue weighted by Gasteiger charge is 2.22. The summed E-state index contributed by atoms with van der Waals surface area (Å²) in [6.45, 7) is 6.65. The number of anilines is 1. The Morgan fingerprint density at radius 1 is 1.09 bits per heavy atom. The highest BCUT2D eigenvalue weighted by molar-refractivity contribution is 5.93. The Morgan fingerprint density at radius 2 is 1.74 bits per heavy atom. The van der Waals surface area contributed by atoms with Gasteiger partial charge in [-0.3, -0.25) is 9.69 Å². The zero-order valence-electron chi connectivity index (χ0n) is 19.3. The van der Waals surface area contributed by atoms with Crippen LogP contribution in [0.3, 0.4) is 0 Å². The van der Waals surface area contributed by atoms with E-state index in [0.717, 1.165) is 25.2 Å². The Kier molecular flexibility index (Phi) is 8.30. The summed E-state index contributed by atoms with van der Waals surface area (Å²) in [5.41, 5.74) is 2.34. The van der Waals surface area contributed by atoms with Crippen molar-refractivity contribution in [3.63, 3.8) is 0 Å². The van der Waals surface area contributed by atoms with Gasteiger partial charge in [0.2, 0.25) is 5.43 Å². The average molecular weight is 490 g/mol. The van der Waals surface area contributed by atoms with Gasteiger partial charge in [-0.05, 0) is 30.2 Å². The van der Waals surface area contributed by atoms with Crippen LogP contribution < -0.4 is 10.3 Å². The number of benzene rings is 2. The molecule has 182 valence electrons. The van der Waals surface area contributed by atoms with E-state index in [0.29, 0.717) is 37.4 Å². The summed E-state index contributed by atoms with van der Waals surface area (Å²) in [4.78, 5) is 28.3. The molecule has 34 heavy (non-hydrogen) atoms. The number of aryl methyl sites for hydroxylation is 1. The van der Waals surface area contributed by atoms with Gasteiger partial charge in [-0.15, -0.1) is 12.4 Å². The third-order valence-corrected chi connectivity index (χ3v) is 6.17. The van der Waals surface area contributed by atoms with Gasteiger partial charge in [0.15, 0.2) is 0 Å². The molecule has 9 heteroatoms. The maximum atomic E-state index is 15.0. The first kappa shape index (κ1) is 25.7. The lowest BCUT2D eigenvalue weighted by atomic mass is 10.1. The van der Waals surface area contributed by atoms with Crippen LogP contribution in [0.4, 0.5) is 10.1 Å². The van der Waals surface area contributed by atoms with E-state index in [9.17, 15) is 14.7 Å². The quantitative estimate of drug-likeness (QED) is 0.545. The maximum absolute atomic E-state index is 15.0. The molecule has 1 aliphatic rings. The predicted molar refractivity (Wildman–Crippen MR) is 133 cm³/mol. The van der Waals surface area contributed by atoms with Crippen LogP contribution in [0.5, 0.6) is 0 Å². The second-order valence-electron chi connectivity index (χ2n) is 8.30. The van der Waals surface area contributed by atoms with Crippen LogP contribution in [0.2, 0.25) is 0 Å². The minimum absolute atomic E-state index is 0. The van der Waals surface area contributed by atoms with Gasteiger partial charge in [0, 0.05) is 58.0 Å². The number of aromatic nitrogens is 1. The van der Waals surface area contributed by atoms with Crippen LogP contribution in [0.15, 0.2) is 47.4 Å². The zero-order valence-corrected chi connectivity index (χ0v) is 20.1. The Balaban J connectivity index is 0.00000324. The number of fused-ring (bicyclic) bond motifs is 1. The fourth-order valence-electron chi connectivity index (χ4n) is 4.37. The molecular weight excluding hydrogens is 461 g/mol. The number of aromatic carboxylic acids is 1. The summed E-state index contributed by atoms with van der Waals surface area (Å²) < 4.78 is 21.9. The van der Waals surface area contributed by atoms with Crippen molar-refractivity contribution in [1.29, 1.82) is 0 Å². The van der Waals surface area contributed by atoms with Crippen molar-refractivity contribution in [2.75, 3.05) is 38.2 Å². The van der Waals surface area contributed by atoms with Gasteiger partial charge >= 0.3 is 5.97 Å². The number of rotatable bonds is 7. The lowest BCUT2D eigenvalue weighted by molar-refractivity contribution is 0.0695. The minimum atomic E-state index is -1.31. The lowest BCUT2D eigenvalue weighted by Gasteiger charge is -2.36. The number of piperazine rings is 1. The van der Waals surface area contributed by atoms with Crippen LogP contribution in [0.25, 0.3) is 10.9 Å². The number of hydrogen-bond acceptors (Lipinski definition) is 5. The predicted octanol–water partition coefficient (Wildman–Crippen LogP) is 3.75. The molecule has 3 aromatic rings. The van der Waals surface area contributed by atoms with Crippen LogP contribution in [-0.2, 0) is 24.4 Å². The SMILES string of the molecule is CCn1cc(C(=O)O)c(=O)c2cc(F)c(N3CCN(Cc4ccc(COC)cc4)CC3)cc21.Cl. The molecule has 1 saturated heterocycles. The molecule has 4 rings (SSSR count). The van der Waals surface area contributed by atoms with Crippen LogP contribution >= 0.6 is 12.4 Å². The van der Waals surface area contributed by atoms with Gasteiger partial charge in [0.25, 0.3) is 0 Å². The van der Waals surface area contributed by atoms with E-state index in [2.05, 4.69) is 29.2 Å². The molecule has 0 amide bonds. The average Bonchev–Trinajstić information content (AvgIpc) is 2.81. The molecule has 2 heterocycles. The summed E-state index contributed by atoms with van der Waals surface area (Å²) in [7, 11) is 1.68. The number of hydrogen-bond donors (Lipinski definition) is 1. The molecule has 2 aromatic carbocycles. The van der Waals surface area contributed by atoms with Crippen molar-refractivity contribution in [1.82, 2.24) is 9.47 Å². The number of halogens is 2. The Hall–Kier alpha value is -2.94. The Labute approximate surface area is 203 Å². The number of carboxylic acids is 1. The monoisotopic (exact) mass is 489 g/mol. The van der Waals surface area contributed by atoms with Gasteiger partial charge in [0.05, 0.1) is 17.8 Å². The minimum Gasteiger partial charge on any atom is -0.477 e. The standard InChI is InChI=1S/C25H28FN3O4.ClH/c1-3-28-15-20(25(31)32)24(30)19-12-21(26)23(13-22(19)28)29-10-8-27(9-11-29)14-17-4-6-18(7-5-17)16-33-2;/h4-7,12-13,15H,3,8-11,14,16H2,1-2H3,(H,31,32);1H. The van der Waals surface area contributed by atoms with E-state index in [1.807, 2.05) is 11.8 Å². The fourth-order valence-corrected chi connectivity index (χ4v) is 4.37. The molecule has 1 aromatic heterocycles. The molecule has 7 nitrogen and oxygen atoms in total. The number of methoxy groups -OCH3 is 1. The first-order valence-electron chi connectivity index (χ1n) is 11.0. The van der Waals surface area contributed by atoms with Crippen LogP contribution in [0.1, 0.15) is 28.4 Å². The van der Waals surface area contributed by atoms with Crippen molar-refractivity contribution < 1.29 is 19.0 Å². The van der Waals surface area contributed by atoms with Gasteiger partial charge in [-0.1, -0.05) is 24.3 Å². The lowest BCUT2D eigenvalue weighted by Crippen LogP contribution is -2.46. The topological polar surface area (TPSA) is 75.0 Å². The van der Waals surface area contributed by atoms with Crippen molar-refractivity contribution >= 4 is 35.0 Å². The first-order chi connectivity index (χ1) is 15.9. The van der Waals surface area contributed by atoms with E-state index in [1.165, 1.54) is 17.8 Å². The van der Waals surface area contributed by atoms with E-state index in [-0.39, 0.29) is 23.4 Å². The van der Waals surface area contributed by atoms with Crippen molar-refractivity contribution in [2.24, 2.45) is 0 Å². The van der Waals surface area contributed by atoms with E-state index in [4.69, 9.17) is 4.74 Å². The molecule has 0 radical (unpaired) electrons. The second-order valence-corrected chi connectivity index (χ2v) is 8.30. The van der Waals surface area contributed by atoms with E-state index in [1.54, 1.807) is 17.7 Å². The third-order valence-electron chi connectivity index (χ3n) is 6.17. The van der Waals surface area contributed by atoms with Gasteiger partial charge in [0.1, 0.15) is 11.4 Å². The Bertz CT molecular complexity index is 1220. The number of nitrogens with zero attached hydrogens (tertiary/aromatic N) is 3. The molecule has 0 spiro atoms. The summed E-state index contributed by atoms with van der Waals surface area (Å²) in [6.07, 6.45) is 1.34. The number of carboxylic acid groups (broad SMARTS) is 1. The summed E-state index contributed by atoms with van der Waals surface area (Å²) in [5, 5.41) is 9.41. The third kappa shape index (κ3) is 5.24. The summed E-state index contributed by atoms with van der Waals surface area (Å²) in [6, 6.07) is 11.2. The van der Waals surface area contributed by atoms with Crippen molar-refractivity contribution in [3.8, 4) is 0 Å². The molecule has 0 bridgehead atoms. The smallest absolute Gasteiger partial charge is 0.341 e. The first-order valence-corrected chi connectivity index (χ1v) is 11.0. The number of carbonyl (C=O) groups is 1. The molecule has 1 aliphatic heterocycles. The highest BCUT2D eigenvalue weighted by atomic mass is 35.5. The van der Waals surface area contributed by atoms with E-state index >= 15 is 4.39 Å². The summed E-state index contributed by atoms with van der Waals surface area (Å²) in [5.74, 6) is -1.81. The van der Waals surface area contributed by atoms with Gasteiger partial charge in [-0.2, -0.15) is 0 Å².